The van der Waals surface area contributed by atoms with Gasteiger partial charge in [-0.2, -0.15) is 0 Å². The predicted molar refractivity (Wildman–Crippen MR) is 132 cm³/mol. The molecule has 170 valence electrons. The number of nitrogens with zero attached hydrogens (tertiary/aromatic N) is 2. The largest absolute Gasteiger partial charge is 0.493 e. The molecular weight excluding hydrogens is 426 g/mol. The van der Waals surface area contributed by atoms with E-state index in [0.717, 1.165) is 34.4 Å². The molecule has 6 heteroatoms. The Kier molecular flexibility index (Phi) is 5.95. The number of fused-ring (bicyclic) bond motifs is 1. The molecule has 6 nitrogen and oxygen atoms in total. The van der Waals surface area contributed by atoms with Crippen molar-refractivity contribution < 1.29 is 14.3 Å². The van der Waals surface area contributed by atoms with Crippen LogP contribution in [-0.4, -0.2) is 29.9 Å². The molecule has 1 N–H and O–H groups in total. The van der Waals surface area contributed by atoms with Crippen LogP contribution in [-0.2, 0) is 4.74 Å². The zero-order valence-electron chi connectivity index (χ0n) is 19.1. The minimum Gasteiger partial charge on any atom is -0.493 e. The number of methoxy groups -OCH3 is 1. The monoisotopic (exact) mass is 451 g/mol. The molecule has 0 fully saturated rings. The van der Waals surface area contributed by atoms with Gasteiger partial charge in [-0.1, -0.05) is 78.4 Å². The van der Waals surface area contributed by atoms with Crippen LogP contribution in [0.4, 0.5) is 5.82 Å². The lowest BCUT2D eigenvalue weighted by atomic mass is 9.94. The van der Waals surface area contributed by atoms with E-state index in [1.165, 1.54) is 7.11 Å². The third-order valence-electron chi connectivity index (χ3n) is 5.99. The second kappa shape index (κ2) is 9.35. The summed E-state index contributed by atoms with van der Waals surface area (Å²) >= 11 is 0. The van der Waals surface area contributed by atoms with Gasteiger partial charge in [-0.05, 0) is 18.6 Å². The number of carbonyl (C=O) groups excluding carboxylic acids is 1. The van der Waals surface area contributed by atoms with Gasteiger partial charge in [0.15, 0.2) is 5.82 Å². The highest BCUT2D eigenvalue weighted by molar-refractivity contribution is 6.05. The van der Waals surface area contributed by atoms with Crippen LogP contribution in [0.1, 0.15) is 33.9 Å². The van der Waals surface area contributed by atoms with E-state index in [-0.39, 0.29) is 6.04 Å². The minimum atomic E-state index is -0.468. The molecule has 0 aliphatic carbocycles. The molecule has 0 saturated carbocycles. The van der Waals surface area contributed by atoms with E-state index in [0.29, 0.717) is 29.2 Å². The quantitative estimate of drug-likeness (QED) is 0.384. The first-order chi connectivity index (χ1) is 16.7. The summed E-state index contributed by atoms with van der Waals surface area (Å²) in [6.45, 7) is 2.62. The van der Waals surface area contributed by atoms with Crippen molar-refractivity contribution in [2.75, 3.05) is 19.0 Å². The Hall–Kier alpha value is -4.19. The van der Waals surface area contributed by atoms with Crippen LogP contribution in [0.15, 0.2) is 78.9 Å². The first-order valence-corrected chi connectivity index (χ1v) is 11.3. The van der Waals surface area contributed by atoms with E-state index in [2.05, 4.69) is 21.6 Å². The highest BCUT2D eigenvalue weighted by atomic mass is 16.5. The van der Waals surface area contributed by atoms with Crippen LogP contribution in [0, 0.1) is 6.92 Å². The number of esters is 1. The summed E-state index contributed by atoms with van der Waals surface area (Å²) in [6.07, 6.45) is 0.736. The number of carbonyl (C=O) groups is 1. The summed E-state index contributed by atoms with van der Waals surface area (Å²) in [7, 11) is 1.39. The number of hydrogen-bond donors (Lipinski definition) is 1. The van der Waals surface area contributed by atoms with E-state index < -0.39 is 5.97 Å². The summed E-state index contributed by atoms with van der Waals surface area (Å²) in [6, 6.07) is 25.5. The predicted octanol–water partition coefficient (Wildman–Crippen LogP) is 5.84. The molecule has 5 rings (SSSR count). The average Bonchev–Trinajstić information content (AvgIpc) is 2.89. The van der Waals surface area contributed by atoms with E-state index in [1.807, 2.05) is 79.7 Å². The highest BCUT2D eigenvalue weighted by Crippen LogP contribution is 2.39. The van der Waals surface area contributed by atoms with Gasteiger partial charge < -0.3 is 14.8 Å². The first-order valence-electron chi connectivity index (χ1n) is 11.3. The maximum atomic E-state index is 13.2. The Morgan fingerprint density at radius 1 is 0.971 bits per heavy atom. The molecule has 1 aliphatic heterocycles. The lowest BCUT2D eigenvalue weighted by molar-refractivity contribution is 0.0602. The summed E-state index contributed by atoms with van der Waals surface area (Å²) < 4.78 is 11.1. The van der Waals surface area contributed by atoms with Gasteiger partial charge in [0.1, 0.15) is 17.0 Å². The highest BCUT2D eigenvalue weighted by Gasteiger charge is 2.29. The molecule has 1 atom stereocenters. The normalized spacial score (nSPS) is 14.6. The molecule has 34 heavy (non-hydrogen) atoms. The van der Waals surface area contributed by atoms with Gasteiger partial charge in [0.05, 0.1) is 19.8 Å². The Labute approximate surface area is 198 Å². The first kappa shape index (κ1) is 21.6. The van der Waals surface area contributed by atoms with Crippen molar-refractivity contribution in [1.29, 1.82) is 0 Å². The van der Waals surface area contributed by atoms with Gasteiger partial charge in [0.25, 0.3) is 0 Å². The maximum absolute atomic E-state index is 13.2. The van der Waals surface area contributed by atoms with Crippen LogP contribution in [0.25, 0.3) is 22.4 Å². The number of benzene rings is 3. The topological polar surface area (TPSA) is 73.3 Å². The number of hydrogen-bond acceptors (Lipinski definition) is 6. The third kappa shape index (κ3) is 4.10. The summed E-state index contributed by atoms with van der Waals surface area (Å²) in [5.41, 5.74) is 5.59. The van der Waals surface area contributed by atoms with E-state index >= 15 is 0 Å². The molecule has 0 amide bonds. The van der Waals surface area contributed by atoms with Gasteiger partial charge in [0.2, 0.25) is 0 Å². The van der Waals surface area contributed by atoms with E-state index in [4.69, 9.17) is 9.47 Å². The lowest BCUT2D eigenvalue weighted by Crippen LogP contribution is -2.23. The molecule has 0 bridgehead atoms. The molecule has 0 saturated heterocycles. The molecule has 2 heterocycles. The van der Waals surface area contributed by atoms with Crippen molar-refractivity contribution >= 4 is 11.8 Å². The number of nitrogens with one attached hydrogen (secondary N) is 1. The van der Waals surface area contributed by atoms with Crippen LogP contribution >= 0.6 is 0 Å². The Morgan fingerprint density at radius 2 is 1.68 bits per heavy atom. The van der Waals surface area contributed by atoms with Gasteiger partial charge in [-0.3, -0.25) is 0 Å². The Bertz CT molecular complexity index is 1320. The standard InChI is InChI=1S/C28H25N3O3/c1-18-13-14-23-21(17-18)22(15-16-34-23)29-27-25(28(32)33-2)24(19-9-5-3-6-10-19)26(30-31-27)20-11-7-4-8-12-20/h3-14,17,22H,15-16H2,1-2H3,(H,29,31). The molecule has 1 aromatic heterocycles. The maximum Gasteiger partial charge on any atom is 0.342 e. The molecule has 3 aromatic carbocycles. The molecule has 1 aliphatic rings. The van der Waals surface area contributed by atoms with E-state index in [9.17, 15) is 4.79 Å². The average molecular weight is 452 g/mol. The van der Waals surface area contributed by atoms with Gasteiger partial charge in [-0.25, -0.2) is 4.79 Å². The van der Waals surface area contributed by atoms with Crippen LogP contribution in [0.3, 0.4) is 0 Å². The summed E-state index contributed by atoms with van der Waals surface area (Å²) in [5.74, 6) is 0.765. The van der Waals surface area contributed by atoms with Gasteiger partial charge in [-0.15, -0.1) is 10.2 Å². The van der Waals surface area contributed by atoms with Crippen LogP contribution in [0.5, 0.6) is 5.75 Å². The Balaban J connectivity index is 1.69. The fourth-order valence-corrected chi connectivity index (χ4v) is 4.35. The summed E-state index contributed by atoms with van der Waals surface area (Å²) in [5, 5.41) is 12.6. The van der Waals surface area contributed by atoms with Crippen molar-refractivity contribution in [3.63, 3.8) is 0 Å². The third-order valence-corrected chi connectivity index (χ3v) is 5.99. The second-order valence-corrected chi connectivity index (χ2v) is 8.25. The van der Waals surface area contributed by atoms with Crippen molar-refractivity contribution in [1.82, 2.24) is 10.2 Å². The fourth-order valence-electron chi connectivity index (χ4n) is 4.35. The SMILES string of the molecule is COC(=O)c1c(NC2CCOc3ccc(C)cc32)nnc(-c2ccccc2)c1-c1ccccc1. The van der Waals surface area contributed by atoms with Crippen LogP contribution < -0.4 is 10.1 Å². The number of anilines is 1. The van der Waals surface area contributed by atoms with E-state index in [1.54, 1.807) is 0 Å². The molecular formula is C28H25N3O3. The number of aromatic nitrogens is 2. The zero-order valence-corrected chi connectivity index (χ0v) is 19.1. The van der Waals surface area contributed by atoms with Crippen molar-refractivity contribution in [3.05, 3.63) is 95.6 Å². The molecule has 0 radical (unpaired) electrons. The second-order valence-electron chi connectivity index (χ2n) is 8.25. The summed E-state index contributed by atoms with van der Waals surface area (Å²) in [4.78, 5) is 13.2. The van der Waals surface area contributed by atoms with Crippen LogP contribution in [0.2, 0.25) is 0 Å². The molecule has 0 spiro atoms. The lowest BCUT2D eigenvalue weighted by Gasteiger charge is -2.28. The van der Waals surface area contributed by atoms with Crippen molar-refractivity contribution in [2.45, 2.75) is 19.4 Å². The number of aryl methyl sites for hydroxylation is 1. The smallest absolute Gasteiger partial charge is 0.342 e. The molecule has 4 aromatic rings. The zero-order chi connectivity index (χ0) is 23.5. The van der Waals surface area contributed by atoms with Gasteiger partial charge >= 0.3 is 5.97 Å². The minimum absolute atomic E-state index is 0.0763. The van der Waals surface area contributed by atoms with Crippen molar-refractivity contribution in [3.8, 4) is 28.1 Å². The number of rotatable bonds is 5. The van der Waals surface area contributed by atoms with Gasteiger partial charge in [0, 0.05) is 23.1 Å². The number of ether oxygens (including phenoxy) is 2. The Morgan fingerprint density at radius 3 is 2.38 bits per heavy atom. The van der Waals surface area contributed by atoms with Crippen molar-refractivity contribution in [2.24, 2.45) is 0 Å². The fraction of sp³-hybridized carbons (Fsp3) is 0.179. The molecule has 1 unspecified atom stereocenters.